The summed E-state index contributed by atoms with van der Waals surface area (Å²) in [5.41, 5.74) is -0.602. The lowest BCUT2D eigenvalue weighted by molar-refractivity contribution is 0.0751. The van der Waals surface area contributed by atoms with E-state index in [1.807, 2.05) is 0 Å². The number of hydrogen-bond acceptors (Lipinski definition) is 2. The van der Waals surface area contributed by atoms with Crippen LogP contribution in [0, 0.1) is 5.82 Å². The molecule has 0 aliphatic carbocycles. The molecule has 1 aromatic rings. The van der Waals surface area contributed by atoms with Crippen molar-refractivity contribution in [2.45, 2.75) is 19.4 Å². The first-order chi connectivity index (χ1) is 7.26. The summed E-state index contributed by atoms with van der Waals surface area (Å²) in [4.78, 5) is 14.0. The minimum atomic E-state index is -0.721. The topological polar surface area (TPSA) is 20.3 Å². The van der Waals surface area contributed by atoms with Gasteiger partial charge in [-0.05, 0) is 46.1 Å². The number of nitrogens with zero attached hydrogens (tertiary/aromatic N) is 1. The van der Waals surface area contributed by atoms with Crippen molar-refractivity contribution in [3.8, 4) is 0 Å². The van der Waals surface area contributed by atoms with Crippen LogP contribution in [0.4, 0.5) is 4.39 Å². The third kappa shape index (κ3) is 2.50. The number of likely N-dealkylation sites (N-methyl/N-ethyl adjacent to an activating group) is 1. The van der Waals surface area contributed by atoms with Gasteiger partial charge in [0.1, 0.15) is 5.82 Å². The highest BCUT2D eigenvalue weighted by Gasteiger charge is 2.32. The van der Waals surface area contributed by atoms with E-state index in [-0.39, 0.29) is 11.3 Å². The number of benzene rings is 1. The van der Waals surface area contributed by atoms with Gasteiger partial charge in [0.25, 0.3) is 0 Å². The highest BCUT2D eigenvalue weighted by atomic mass is 79.9. The second-order valence-corrected chi connectivity index (χ2v) is 5.32. The Hall–Kier alpha value is -0.740. The molecule has 0 atom stereocenters. The maximum Gasteiger partial charge on any atom is 0.185 e. The van der Waals surface area contributed by atoms with Crippen LogP contribution in [0.2, 0.25) is 0 Å². The second kappa shape index (κ2) is 4.63. The van der Waals surface area contributed by atoms with Gasteiger partial charge in [0, 0.05) is 4.47 Å². The van der Waals surface area contributed by atoms with Crippen LogP contribution >= 0.6 is 15.9 Å². The third-order valence-corrected chi connectivity index (χ3v) is 3.34. The average molecular weight is 288 g/mol. The van der Waals surface area contributed by atoms with E-state index in [0.29, 0.717) is 4.47 Å². The molecule has 0 radical (unpaired) electrons. The number of halogens is 2. The number of carbonyl (C=O) groups excluding carboxylic acids is 1. The zero-order valence-electron chi connectivity index (χ0n) is 9.84. The summed E-state index contributed by atoms with van der Waals surface area (Å²) >= 11 is 3.24. The molecule has 16 heavy (non-hydrogen) atoms. The molecule has 0 unspecified atom stereocenters. The van der Waals surface area contributed by atoms with Crippen molar-refractivity contribution in [3.63, 3.8) is 0 Å². The van der Waals surface area contributed by atoms with E-state index in [1.165, 1.54) is 12.1 Å². The number of rotatable bonds is 3. The molecule has 0 fully saturated rings. The Morgan fingerprint density at radius 1 is 1.38 bits per heavy atom. The summed E-state index contributed by atoms with van der Waals surface area (Å²) in [5.74, 6) is -0.709. The van der Waals surface area contributed by atoms with Gasteiger partial charge in [-0.15, -0.1) is 0 Å². The van der Waals surface area contributed by atoms with Gasteiger partial charge in [-0.1, -0.05) is 15.9 Å². The van der Waals surface area contributed by atoms with Gasteiger partial charge >= 0.3 is 0 Å². The fourth-order valence-electron chi connectivity index (χ4n) is 1.20. The molecule has 4 heteroatoms. The van der Waals surface area contributed by atoms with Crippen molar-refractivity contribution in [2.75, 3.05) is 14.1 Å². The van der Waals surface area contributed by atoms with Gasteiger partial charge in [0.2, 0.25) is 0 Å². The van der Waals surface area contributed by atoms with Crippen LogP contribution in [-0.4, -0.2) is 30.3 Å². The van der Waals surface area contributed by atoms with Crippen molar-refractivity contribution in [1.82, 2.24) is 4.90 Å². The molecule has 0 saturated heterocycles. The van der Waals surface area contributed by atoms with E-state index in [2.05, 4.69) is 15.9 Å². The quantitative estimate of drug-likeness (QED) is 0.797. The smallest absolute Gasteiger partial charge is 0.185 e. The summed E-state index contributed by atoms with van der Waals surface area (Å²) in [6.07, 6.45) is 0. The van der Waals surface area contributed by atoms with Gasteiger partial charge in [0.15, 0.2) is 5.78 Å². The highest BCUT2D eigenvalue weighted by molar-refractivity contribution is 9.10. The summed E-state index contributed by atoms with van der Waals surface area (Å²) in [6, 6.07) is 4.39. The Bertz CT molecular complexity index is 415. The molecule has 0 heterocycles. The maximum atomic E-state index is 13.6. The largest absolute Gasteiger partial charge is 0.297 e. The third-order valence-electron chi connectivity index (χ3n) is 2.85. The predicted octanol–water partition coefficient (Wildman–Crippen LogP) is 3.11. The Balaban J connectivity index is 3.19. The van der Waals surface area contributed by atoms with E-state index in [9.17, 15) is 9.18 Å². The highest BCUT2D eigenvalue weighted by Crippen LogP contribution is 2.22. The molecule has 1 rings (SSSR count). The Morgan fingerprint density at radius 2 is 1.94 bits per heavy atom. The van der Waals surface area contributed by atoms with Crippen LogP contribution in [0.3, 0.4) is 0 Å². The van der Waals surface area contributed by atoms with Crippen LogP contribution in [0.5, 0.6) is 0 Å². The standard InChI is InChI=1S/C12H15BrFNO/c1-12(2,15(3)4)11(16)9-7-8(13)5-6-10(9)14/h5-7H,1-4H3. The van der Waals surface area contributed by atoms with Gasteiger partial charge in [-0.3, -0.25) is 9.69 Å². The fourth-order valence-corrected chi connectivity index (χ4v) is 1.57. The molecule has 0 bridgehead atoms. The summed E-state index contributed by atoms with van der Waals surface area (Å²) in [6.45, 7) is 3.55. The van der Waals surface area contributed by atoms with Gasteiger partial charge in [-0.25, -0.2) is 4.39 Å². The first kappa shape index (κ1) is 13.3. The van der Waals surface area contributed by atoms with Crippen LogP contribution in [0.15, 0.2) is 22.7 Å². The monoisotopic (exact) mass is 287 g/mol. The van der Waals surface area contributed by atoms with Gasteiger partial charge in [0.05, 0.1) is 11.1 Å². The Kier molecular flexibility index (Phi) is 3.86. The molecule has 0 spiro atoms. The lowest BCUT2D eigenvalue weighted by Gasteiger charge is -2.31. The van der Waals surface area contributed by atoms with Gasteiger partial charge < -0.3 is 0 Å². The summed E-state index contributed by atoms with van der Waals surface area (Å²) < 4.78 is 14.3. The van der Waals surface area contributed by atoms with Crippen molar-refractivity contribution < 1.29 is 9.18 Å². The lowest BCUT2D eigenvalue weighted by atomic mass is 9.92. The molecule has 0 N–H and O–H groups in total. The summed E-state index contributed by atoms with van der Waals surface area (Å²) in [5, 5.41) is 0. The van der Waals surface area contributed by atoms with E-state index >= 15 is 0 Å². The fraction of sp³-hybridized carbons (Fsp3) is 0.417. The van der Waals surface area contributed by atoms with Crippen molar-refractivity contribution in [3.05, 3.63) is 34.1 Å². The zero-order valence-corrected chi connectivity index (χ0v) is 11.4. The molecular weight excluding hydrogens is 273 g/mol. The number of carbonyl (C=O) groups is 1. The summed E-state index contributed by atoms with van der Waals surface area (Å²) in [7, 11) is 3.60. The van der Waals surface area contributed by atoms with Crippen LogP contribution in [0.1, 0.15) is 24.2 Å². The van der Waals surface area contributed by atoms with Crippen LogP contribution < -0.4 is 0 Å². The van der Waals surface area contributed by atoms with Crippen molar-refractivity contribution in [2.24, 2.45) is 0 Å². The molecule has 0 aliphatic heterocycles. The molecular formula is C12H15BrFNO. The Morgan fingerprint density at radius 3 is 2.44 bits per heavy atom. The molecule has 0 aliphatic rings. The second-order valence-electron chi connectivity index (χ2n) is 4.41. The van der Waals surface area contributed by atoms with E-state index in [4.69, 9.17) is 0 Å². The molecule has 88 valence electrons. The number of hydrogen-bond donors (Lipinski definition) is 0. The van der Waals surface area contributed by atoms with E-state index in [0.717, 1.165) is 0 Å². The normalized spacial score (nSPS) is 11.9. The SMILES string of the molecule is CN(C)C(C)(C)C(=O)c1cc(Br)ccc1F. The van der Waals surface area contributed by atoms with Crippen molar-refractivity contribution >= 4 is 21.7 Å². The molecule has 1 aromatic carbocycles. The minimum Gasteiger partial charge on any atom is -0.297 e. The lowest BCUT2D eigenvalue weighted by Crippen LogP contribution is -2.46. The Labute approximate surface area is 104 Å². The molecule has 0 aromatic heterocycles. The van der Waals surface area contributed by atoms with Crippen LogP contribution in [-0.2, 0) is 0 Å². The first-order valence-corrected chi connectivity index (χ1v) is 5.73. The van der Waals surface area contributed by atoms with E-state index < -0.39 is 11.4 Å². The predicted molar refractivity (Wildman–Crippen MR) is 66.2 cm³/mol. The van der Waals surface area contributed by atoms with Gasteiger partial charge in [-0.2, -0.15) is 0 Å². The minimum absolute atomic E-state index is 0.119. The van der Waals surface area contributed by atoms with E-state index in [1.54, 1.807) is 38.9 Å². The number of ketones is 1. The zero-order chi connectivity index (χ0) is 12.5. The average Bonchev–Trinajstić information content (AvgIpc) is 2.20. The molecule has 0 amide bonds. The van der Waals surface area contributed by atoms with Crippen molar-refractivity contribution in [1.29, 1.82) is 0 Å². The first-order valence-electron chi connectivity index (χ1n) is 4.94. The molecule has 2 nitrogen and oxygen atoms in total. The van der Waals surface area contributed by atoms with Crippen LogP contribution in [0.25, 0.3) is 0 Å². The molecule has 0 saturated carbocycles. The maximum absolute atomic E-state index is 13.6. The number of Topliss-reactive ketones (excluding diaryl/α,β-unsaturated/α-hetero) is 1.